The van der Waals surface area contributed by atoms with Crippen LogP contribution in [0.2, 0.25) is 0 Å². The van der Waals surface area contributed by atoms with E-state index in [1.165, 1.54) is 12.8 Å². The molecule has 0 radical (unpaired) electrons. The first-order chi connectivity index (χ1) is 8.25. The fourth-order valence-corrected chi connectivity index (χ4v) is 2.25. The van der Waals surface area contributed by atoms with Crippen molar-refractivity contribution in [3.63, 3.8) is 0 Å². The second-order valence-corrected chi connectivity index (χ2v) is 4.71. The summed E-state index contributed by atoms with van der Waals surface area (Å²) in [5.41, 5.74) is 1.87. The number of carbonyl (C=O) groups is 1. The number of nitrogens with one attached hydrogen (secondary N) is 2. The van der Waals surface area contributed by atoms with Gasteiger partial charge in [-0.3, -0.25) is 4.79 Å². The molecule has 0 aromatic heterocycles. The molecule has 1 saturated heterocycles. The van der Waals surface area contributed by atoms with Crippen LogP contribution in [0.4, 0.5) is 0 Å². The van der Waals surface area contributed by atoms with Gasteiger partial charge in [0.15, 0.2) is 0 Å². The minimum Gasteiger partial charge on any atom is -0.352 e. The summed E-state index contributed by atoms with van der Waals surface area (Å²) >= 11 is 0. The fraction of sp³-hybridized carbons (Fsp3) is 0.500. The molecule has 0 aliphatic carbocycles. The van der Waals surface area contributed by atoms with Crippen LogP contribution >= 0.6 is 0 Å². The third kappa shape index (κ3) is 3.56. The van der Waals surface area contributed by atoms with Crippen molar-refractivity contribution in [3.05, 3.63) is 35.4 Å². The van der Waals surface area contributed by atoms with Crippen LogP contribution in [0, 0.1) is 6.92 Å². The van der Waals surface area contributed by atoms with Crippen LogP contribution in [0.15, 0.2) is 24.3 Å². The average Bonchev–Trinajstić information content (AvgIpc) is 2.82. The molecule has 0 spiro atoms. The Hall–Kier alpha value is -1.35. The van der Waals surface area contributed by atoms with Crippen LogP contribution < -0.4 is 10.6 Å². The summed E-state index contributed by atoms with van der Waals surface area (Å²) in [4.78, 5) is 11.8. The van der Waals surface area contributed by atoms with Crippen LogP contribution in [-0.4, -0.2) is 25.0 Å². The highest BCUT2D eigenvalue weighted by atomic mass is 16.1. The Balaban J connectivity index is 1.77. The van der Waals surface area contributed by atoms with Gasteiger partial charge >= 0.3 is 0 Å². The predicted octanol–water partition coefficient (Wildman–Crippen LogP) is 1.87. The van der Waals surface area contributed by atoms with Gasteiger partial charge in [-0.25, -0.2) is 0 Å². The van der Waals surface area contributed by atoms with Gasteiger partial charge in [0, 0.05) is 18.2 Å². The minimum absolute atomic E-state index is 0.0340. The van der Waals surface area contributed by atoms with Gasteiger partial charge in [0.1, 0.15) is 0 Å². The summed E-state index contributed by atoms with van der Waals surface area (Å²) in [6.45, 7) is 3.88. The second kappa shape index (κ2) is 5.82. The highest BCUT2D eigenvalue weighted by Crippen LogP contribution is 2.08. The summed E-state index contributed by atoms with van der Waals surface area (Å²) in [6.07, 6.45) is 3.52. The molecule has 17 heavy (non-hydrogen) atoms. The maximum Gasteiger partial charge on any atom is 0.251 e. The van der Waals surface area contributed by atoms with Gasteiger partial charge < -0.3 is 10.6 Å². The smallest absolute Gasteiger partial charge is 0.251 e. The SMILES string of the molecule is Cc1cccc(C(=O)NCC[C@H]2CCCN2)c1. The molecule has 0 bridgehead atoms. The summed E-state index contributed by atoms with van der Waals surface area (Å²) in [7, 11) is 0. The van der Waals surface area contributed by atoms with E-state index in [1.54, 1.807) is 0 Å². The Morgan fingerprint density at radius 1 is 1.53 bits per heavy atom. The molecule has 2 rings (SSSR count). The molecule has 1 aromatic carbocycles. The Morgan fingerprint density at radius 2 is 2.41 bits per heavy atom. The lowest BCUT2D eigenvalue weighted by atomic mass is 10.1. The van der Waals surface area contributed by atoms with E-state index >= 15 is 0 Å². The number of aryl methyl sites for hydroxylation is 1. The summed E-state index contributed by atoms with van der Waals surface area (Å²) in [5, 5.41) is 6.40. The first-order valence-corrected chi connectivity index (χ1v) is 6.34. The third-order valence-electron chi connectivity index (χ3n) is 3.22. The van der Waals surface area contributed by atoms with E-state index < -0.39 is 0 Å². The Kier molecular flexibility index (Phi) is 4.15. The molecule has 3 nitrogen and oxygen atoms in total. The van der Waals surface area contributed by atoms with Crippen LogP contribution in [0.25, 0.3) is 0 Å². The van der Waals surface area contributed by atoms with Crippen molar-refractivity contribution in [2.24, 2.45) is 0 Å². The zero-order valence-corrected chi connectivity index (χ0v) is 10.3. The first kappa shape index (κ1) is 12.1. The molecular weight excluding hydrogens is 212 g/mol. The summed E-state index contributed by atoms with van der Waals surface area (Å²) in [5.74, 6) is 0.0340. The maximum absolute atomic E-state index is 11.8. The number of rotatable bonds is 4. The van der Waals surface area contributed by atoms with Crippen molar-refractivity contribution in [3.8, 4) is 0 Å². The molecule has 1 heterocycles. The molecule has 92 valence electrons. The van der Waals surface area contributed by atoms with Gasteiger partial charge in [0.2, 0.25) is 0 Å². The molecule has 1 amide bonds. The van der Waals surface area contributed by atoms with E-state index in [0.717, 1.165) is 30.6 Å². The molecule has 1 aliphatic heterocycles. The van der Waals surface area contributed by atoms with Crippen molar-refractivity contribution < 1.29 is 4.79 Å². The van der Waals surface area contributed by atoms with Gasteiger partial charge in [0.25, 0.3) is 5.91 Å². The van der Waals surface area contributed by atoms with Crippen LogP contribution in [0.1, 0.15) is 35.2 Å². The Bertz CT molecular complexity index is 384. The second-order valence-electron chi connectivity index (χ2n) is 4.71. The van der Waals surface area contributed by atoms with Crippen LogP contribution in [0.3, 0.4) is 0 Å². The standard InChI is InChI=1S/C14H20N2O/c1-11-4-2-5-12(10-11)14(17)16-9-7-13-6-3-8-15-13/h2,4-5,10,13,15H,3,6-9H2,1H3,(H,16,17)/t13-/m1/s1. The van der Waals surface area contributed by atoms with Crippen molar-refractivity contribution in [1.29, 1.82) is 0 Å². The lowest BCUT2D eigenvalue weighted by Gasteiger charge is -2.10. The normalized spacial score (nSPS) is 19.2. The van der Waals surface area contributed by atoms with E-state index in [1.807, 2.05) is 31.2 Å². The van der Waals surface area contributed by atoms with E-state index in [0.29, 0.717) is 6.04 Å². The predicted molar refractivity (Wildman–Crippen MR) is 69.2 cm³/mol. The Labute approximate surface area is 103 Å². The first-order valence-electron chi connectivity index (χ1n) is 6.34. The average molecular weight is 232 g/mol. The zero-order valence-electron chi connectivity index (χ0n) is 10.3. The van der Waals surface area contributed by atoms with E-state index in [4.69, 9.17) is 0 Å². The lowest BCUT2D eigenvalue weighted by molar-refractivity contribution is 0.0952. The molecule has 1 aromatic rings. The van der Waals surface area contributed by atoms with Crippen molar-refractivity contribution in [2.75, 3.05) is 13.1 Å². The van der Waals surface area contributed by atoms with Gasteiger partial charge in [0.05, 0.1) is 0 Å². The van der Waals surface area contributed by atoms with E-state index in [-0.39, 0.29) is 5.91 Å². The molecule has 3 heteroatoms. The number of amides is 1. The maximum atomic E-state index is 11.8. The van der Waals surface area contributed by atoms with Gasteiger partial charge in [-0.15, -0.1) is 0 Å². The molecule has 0 unspecified atom stereocenters. The number of hydrogen-bond donors (Lipinski definition) is 2. The largest absolute Gasteiger partial charge is 0.352 e. The molecule has 0 saturated carbocycles. The topological polar surface area (TPSA) is 41.1 Å². The summed E-state index contributed by atoms with van der Waals surface area (Å²) in [6, 6.07) is 8.29. The van der Waals surface area contributed by atoms with Crippen LogP contribution in [0.5, 0.6) is 0 Å². The highest BCUT2D eigenvalue weighted by Gasteiger charge is 2.13. The molecule has 2 N–H and O–H groups in total. The Morgan fingerprint density at radius 3 is 3.12 bits per heavy atom. The molecule has 1 aliphatic rings. The monoisotopic (exact) mass is 232 g/mol. The third-order valence-corrected chi connectivity index (χ3v) is 3.22. The summed E-state index contributed by atoms with van der Waals surface area (Å²) < 4.78 is 0. The van der Waals surface area contributed by atoms with Gasteiger partial charge in [-0.1, -0.05) is 17.7 Å². The highest BCUT2D eigenvalue weighted by molar-refractivity contribution is 5.94. The van der Waals surface area contributed by atoms with E-state index in [2.05, 4.69) is 10.6 Å². The lowest BCUT2D eigenvalue weighted by Crippen LogP contribution is -2.30. The quantitative estimate of drug-likeness (QED) is 0.832. The van der Waals surface area contributed by atoms with Crippen molar-refractivity contribution in [2.45, 2.75) is 32.2 Å². The number of hydrogen-bond acceptors (Lipinski definition) is 2. The van der Waals surface area contributed by atoms with Gasteiger partial charge in [-0.2, -0.15) is 0 Å². The van der Waals surface area contributed by atoms with Crippen molar-refractivity contribution >= 4 is 5.91 Å². The van der Waals surface area contributed by atoms with Crippen LogP contribution in [-0.2, 0) is 0 Å². The van der Waals surface area contributed by atoms with Gasteiger partial charge in [-0.05, 0) is 44.9 Å². The minimum atomic E-state index is 0.0340. The fourth-order valence-electron chi connectivity index (χ4n) is 2.25. The molecular formula is C14H20N2O. The zero-order chi connectivity index (χ0) is 12.1. The molecule has 1 atom stereocenters. The van der Waals surface area contributed by atoms with Crippen molar-refractivity contribution in [1.82, 2.24) is 10.6 Å². The van der Waals surface area contributed by atoms with E-state index in [9.17, 15) is 4.79 Å². The molecule has 1 fully saturated rings. The number of carbonyl (C=O) groups excluding carboxylic acids is 1. The number of benzene rings is 1.